The average Bonchev–Trinajstić information content (AvgIpc) is 2.61. The van der Waals surface area contributed by atoms with Gasteiger partial charge in [0.05, 0.1) is 0 Å². The lowest BCUT2D eigenvalue weighted by atomic mass is 10.1. The van der Waals surface area contributed by atoms with Crippen LogP contribution in [0.2, 0.25) is 0 Å². The normalized spacial score (nSPS) is 20.2. The maximum Gasteiger partial charge on any atom is 0.417 e. The number of amides is 2. The molecule has 1 fully saturated rings. The number of hydrogen-bond donors (Lipinski definition) is 0. The topological polar surface area (TPSA) is 46.6 Å². The molecule has 0 unspecified atom stereocenters. The number of hydrogen-bond acceptors (Lipinski definition) is 3. The molecule has 2 rings (SSSR count). The van der Waals surface area contributed by atoms with E-state index in [1.165, 1.54) is 6.92 Å². The van der Waals surface area contributed by atoms with Crippen LogP contribution in [0.5, 0.6) is 0 Å². The zero-order valence-electron chi connectivity index (χ0n) is 8.34. The average molecular weight is 205 g/mol. The number of imide groups is 1. The van der Waals surface area contributed by atoms with Crippen LogP contribution in [0.3, 0.4) is 0 Å². The number of carbonyl (C=O) groups excluding carboxylic acids is 2. The molecular weight excluding hydrogens is 194 g/mol. The molecule has 0 aromatic heterocycles. The van der Waals surface area contributed by atoms with Gasteiger partial charge in [0.1, 0.15) is 12.6 Å². The van der Waals surface area contributed by atoms with Crippen molar-refractivity contribution in [2.75, 3.05) is 6.61 Å². The number of rotatable bonds is 1. The number of benzene rings is 1. The molecule has 1 aromatic rings. The molecule has 1 atom stereocenters. The predicted octanol–water partition coefficient (Wildman–Crippen LogP) is 1.73. The van der Waals surface area contributed by atoms with E-state index in [1.54, 1.807) is 0 Å². The molecule has 4 nitrogen and oxygen atoms in total. The first-order chi connectivity index (χ1) is 7.20. The molecule has 0 spiro atoms. The van der Waals surface area contributed by atoms with Gasteiger partial charge in [-0.15, -0.1) is 0 Å². The Bertz CT molecular complexity index is 388. The van der Waals surface area contributed by atoms with E-state index in [9.17, 15) is 9.59 Å². The van der Waals surface area contributed by atoms with Gasteiger partial charge in [-0.25, -0.2) is 9.69 Å². The summed E-state index contributed by atoms with van der Waals surface area (Å²) in [5.41, 5.74) is 0.915. The molecule has 1 aliphatic rings. The fourth-order valence-electron chi connectivity index (χ4n) is 1.69. The van der Waals surface area contributed by atoms with Crippen molar-refractivity contribution in [1.29, 1.82) is 0 Å². The summed E-state index contributed by atoms with van der Waals surface area (Å²) in [7, 11) is 0. The molecule has 15 heavy (non-hydrogen) atoms. The highest BCUT2D eigenvalue weighted by molar-refractivity contribution is 5.92. The number of nitrogens with zero attached hydrogens (tertiary/aromatic N) is 1. The zero-order valence-corrected chi connectivity index (χ0v) is 8.34. The summed E-state index contributed by atoms with van der Waals surface area (Å²) in [4.78, 5) is 23.7. The second-order valence-electron chi connectivity index (χ2n) is 3.39. The van der Waals surface area contributed by atoms with E-state index in [0.29, 0.717) is 0 Å². The van der Waals surface area contributed by atoms with E-state index in [2.05, 4.69) is 0 Å². The van der Waals surface area contributed by atoms with E-state index >= 15 is 0 Å². The number of cyclic esters (lactones) is 1. The molecular formula is C11H11NO3. The lowest BCUT2D eigenvalue weighted by molar-refractivity contribution is -0.126. The summed E-state index contributed by atoms with van der Waals surface area (Å²) in [6, 6.07) is 9.10. The Kier molecular flexibility index (Phi) is 2.41. The lowest BCUT2D eigenvalue weighted by Gasteiger charge is -2.17. The Hall–Kier alpha value is -1.84. The molecule has 2 amide bonds. The zero-order chi connectivity index (χ0) is 10.8. The Morgan fingerprint density at radius 2 is 2.07 bits per heavy atom. The van der Waals surface area contributed by atoms with Crippen LogP contribution in [0.25, 0.3) is 0 Å². The summed E-state index contributed by atoms with van der Waals surface area (Å²) in [5, 5.41) is 0. The molecule has 0 saturated carbocycles. The fourth-order valence-corrected chi connectivity index (χ4v) is 1.69. The van der Waals surface area contributed by atoms with Crippen molar-refractivity contribution in [3.63, 3.8) is 0 Å². The molecule has 78 valence electrons. The Labute approximate surface area is 87.4 Å². The third-order valence-corrected chi connectivity index (χ3v) is 2.40. The second kappa shape index (κ2) is 3.73. The van der Waals surface area contributed by atoms with Crippen LogP contribution in [0.4, 0.5) is 4.79 Å². The minimum absolute atomic E-state index is 0.239. The Morgan fingerprint density at radius 3 is 2.67 bits per heavy atom. The van der Waals surface area contributed by atoms with Gasteiger partial charge in [-0.2, -0.15) is 0 Å². The molecule has 4 heteroatoms. The van der Waals surface area contributed by atoms with Crippen LogP contribution in [0.15, 0.2) is 30.3 Å². The summed E-state index contributed by atoms with van der Waals surface area (Å²) in [6.07, 6.45) is -0.559. The van der Waals surface area contributed by atoms with E-state index in [-0.39, 0.29) is 18.6 Å². The molecule has 0 bridgehead atoms. The first-order valence-electron chi connectivity index (χ1n) is 4.71. The standard InChI is InChI=1S/C11H11NO3/c1-8(13)12-10(7-15-11(12)14)9-5-3-2-4-6-9/h2-6,10H,7H2,1H3/t10-/m0/s1. The monoisotopic (exact) mass is 205 g/mol. The molecule has 1 saturated heterocycles. The van der Waals surface area contributed by atoms with E-state index < -0.39 is 6.09 Å². The first kappa shape index (κ1) is 9.71. The van der Waals surface area contributed by atoms with Crippen molar-refractivity contribution in [3.8, 4) is 0 Å². The van der Waals surface area contributed by atoms with E-state index in [4.69, 9.17) is 4.74 Å². The maximum atomic E-state index is 11.3. The highest BCUT2D eigenvalue weighted by atomic mass is 16.6. The maximum absolute atomic E-state index is 11.3. The third-order valence-electron chi connectivity index (χ3n) is 2.40. The van der Waals surface area contributed by atoms with Crippen LogP contribution in [0.1, 0.15) is 18.5 Å². The van der Waals surface area contributed by atoms with E-state index in [0.717, 1.165) is 10.5 Å². The van der Waals surface area contributed by atoms with Crippen molar-refractivity contribution >= 4 is 12.0 Å². The van der Waals surface area contributed by atoms with Crippen molar-refractivity contribution in [3.05, 3.63) is 35.9 Å². The molecule has 0 radical (unpaired) electrons. The summed E-state index contributed by atoms with van der Waals surface area (Å²) >= 11 is 0. The highest BCUT2D eigenvalue weighted by Gasteiger charge is 2.36. The minimum Gasteiger partial charge on any atom is -0.446 e. The Morgan fingerprint density at radius 1 is 1.40 bits per heavy atom. The van der Waals surface area contributed by atoms with Crippen molar-refractivity contribution in [1.82, 2.24) is 4.90 Å². The van der Waals surface area contributed by atoms with Gasteiger partial charge >= 0.3 is 6.09 Å². The summed E-state index contributed by atoms with van der Waals surface area (Å²) in [5.74, 6) is -0.286. The van der Waals surface area contributed by atoms with Gasteiger partial charge in [-0.1, -0.05) is 30.3 Å². The van der Waals surface area contributed by atoms with Gasteiger partial charge in [0, 0.05) is 6.92 Å². The van der Waals surface area contributed by atoms with Gasteiger partial charge < -0.3 is 4.74 Å². The quantitative estimate of drug-likeness (QED) is 0.701. The Balaban J connectivity index is 2.30. The van der Waals surface area contributed by atoms with E-state index in [1.807, 2.05) is 30.3 Å². The van der Waals surface area contributed by atoms with Gasteiger partial charge in [-0.05, 0) is 5.56 Å². The molecule has 1 aliphatic heterocycles. The number of carbonyl (C=O) groups is 2. The SMILES string of the molecule is CC(=O)N1C(=O)OC[C@H]1c1ccccc1. The van der Waals surface area contributed by atoms with Crippen molar-refractivity contribution in [2.45, 2.75) is 13.0 Å². The van der Waals surface area contributed by atoms with Crippen molar-refractivity contribution in [2.24, 2.45) is 0 Å². The van der Waals surface area contributed by atoms with Crippen LogP contribution in [-0.2, 0) is 9.53 Å². The second-order valence-corrected chi connectivity index (χ2v) is 3.39. The highest BCUT2D eigenvalue weighted by Crippen LogP contribution is 2.27. The number of ether oxygens (including phenoxy) is 1. The molecule has 1 heterocycles. The molecule has 0 aliphatic carbocycles. The molecule has 1 aromatic carbocycles. The fraction of sp³-hybridized carbons (Fsp3) is 0.273. The van der Waals surface area contributed by atoms with Gasteiger partial charge in [0.2, 0.25) is 5.91 Å². The smallest absolute Gasteiger partial charge is 0.417 e. The van der Waals surface area contributed by atoms with Gasteiger partial charge in [-0.3, -0.25) is 4.79 Å². The summed E-state index contributed by atoms with van der Waals surface area (Å²) < 4.78 is 4.86. The molecule has 0 N–H and O–H groups in total. The van der Waals surface area contributed by atoms with Crippen LogP contribution < -0.4 is 0 Å². The van der Waals surface area contributed by atoms with Crippen molar-refractivity contribution < 1.29 is 14.3 Å². The minimum atomic E-state index is -0.559. The van der Waals surface area contributed by atoms with Crippen LogP contribution in [0, 0.1) is 0 Å². The van der Waals surface area contributed by atoms with Gasteiger partial charge in [0.25, 0.3) is 0 Å². The van der Waals surface area contributed by atoms with Crippen LogP contribution >= 0.6 is 0 Å². The summed E-state index contributed by atoms with van der Waals surface area (Å²) in [6.45, 7) is 1.60. The van der Waals surface area contributed by atoms with Gasteiger partial charge in [0.15, 0.2) is 0 Å². The third kappa shape index (κ3) is 1.70. The lowest BCUT2D eigenvalue weighted by Crippen LogP contribution is -2.31. The van der Waals surface area contributed by atoms with Crippen LogP contribution in [-0.4, -0.2) is 23.5 Å². The first-order valence-corrected chi connectivity index (χ1v) is 4.71. The predicted molar refractivity (Wildman–Crippen MR) is 53.1 cm³/mol. The largest absolute Gasteiger partial charge is 0.446 e.